The number of nitrogens with zero attached hydrogens (tertiary/aromatic N) is 2. The summed E-state index contributed by atoms with van der Waals surface area (Å²) in [5.74, 6) is 0.811. The van der Waals surface area contributed by atoms with Crippen LogP contribution in [0.1, 0.15) is 32.0 Å². The molecule has 0 spiro atoms. The summed E-state index contributed by atoms with van der Waals surface area (Å²) in [6, 6.07) is 12.1. The van der Waals surface area contributed by atoms with Crippen molar-refractivity contribution in [2.24, 2.45) is 0 Å². The van der Waals surface area contributed by atoms with Crippen LogP contribution in [0.15, 0.2) is 52.1 Å². The Hall–Kier alpha value is -1.67. The number of nitrogens with one attached hydrogen (secondary N) is 1. The highest BCUT2D eigenvalue weighted by Crippen LogP contribution is 2.24. The Balaban J connectivity index is 1.53. The number of thiophene rings is 1. The van der Waals surface area contributed by atoms with Crippen LogP contribution in [-0.2, 0) is 5.75 Å². The average Bonchev–Trinajstić information content (AvgIpc) is 3.32. The van der Waals surface area contributed by atoms with E-state index in [1.165, 1.54) is 4.88 Å². The lowest BCUT2D eigenvalue weighted by atomic mass is 10.2. The van der Waals surface area contributed by atoms with Crippen molar-refractivity contribution in [3.8, 4) is 0 Å². The number of aryl methyl sites for hydroxylation is 1. The van der Waals surface area contributed by atoms with Crippen LogP contribution in [0.2, 0.25) is 0 Å². The van der Waals surface area contributed by atoms with Gasteiger partial charge in [-0.3, -0.25) is 4.79 Å². The number of aromatic nitrogens is 1. The van der Waals surface area contributed by atoms with Gasteiger partial charge in [-0.2, -0.15) is 0 Å². The number of amides is 1. The third-order valence-electron chi connectivity index (χ3n) is 4.12. The minimum Gasteiger partial charge on any atom is -0.350 e. The zero-order chi connectivity index (χ0) is 19.2. The van der Waals surface area contributed by atoms with Crippen molar-refractivity contribution in [1.82, 2.24) is 15.2 Å². The van der Waals surface area contributed by atoms with Crippen LogP contribution in [0.4, 0.5) is 0 Å². The van der Waals surface area contributed by atoms with Crippen LogP contribution in [-0.4, -0.2) is 36.4 Å². The van der Waals surface area contributed by atoms with E-state index in [2.05, 4.69) is 32.0 Å². The molecule has 0 aliphatic carbocycles. The Bertz CT molecular complexity index is 857. The number of thiazole rings is 1. The van der Waals surface area contributed by atoms with Gasteiger partial charge in [0.05, 0.1) is 16.7 Å². The monoisotopic (exact) mass is 417 g/mol. The van der Waals surface area contributed by atoms with Crippen LogP contribution in [0.5, 0.6) is 0 Å². The predicted octanol–water partition coefficient (Wildman–Crippen LogP) is 4.84. The maximum atomic E-state index is 12.5. The molecule has 1 amide bonds. The summed E-state index contributed by atoms with van der Waals surface area (Å²) in [5, 5.41) is 8.32. The molecule has 7 heteroatoms. The standard InChI is InChI=1S/C20H23N3OS3/c1-14-22-16(12-26-14)13-27-17-8-6-15(7-9-17)20(24)21-11-18(23(2)3)19-5-4-10-25-19/h4-10,12,18H,11,13H2,1-3H3,(H,21,24). The molecule has 1 atom stereocenters. The normalized spacial score (nSPS) is 12.3. The van der Waals surface area contributed by atoms with Gasteiger partial charge in [-0.05, 0) is 56.7 Å². The van der Waals surface area contributed by atoms with E-state index in [0.29, 0.717) is 12.1 Å². The van der Waals surface area contributed by atoms with Crippen molar-refractivity contribution in [3.63, 3.8) is 0 Å². The van der Waals surface area contributed by atoms with Crippen molar-refractivity contribution >= 4 is 40.3 Å². The molecule has 0 aliphatic rings. The summed E-state index contributed by atoms with van der Waals surface area (Å²) >= 11 is 5.12. The molecule has 0 saturated carbocycles. The van der Waals surface area contributed by atoms with Gasteiger partial charge in [0.15, 0.2) is 0 Å². The maximum Gasteiger partial charge on any atom is 0.251 e. The molecule has 1 unspecified atom stereocenters. The van der Waals surface area contributed by atoms with Gasteiger partial charge in [0, 0.05) is 33.0 Å². The molecular formula is C20H23N3OS3. The SMILES string of the molecule is Cc1nc(CSc2ccc(C(=O)NCC(c3cccs3)N(C)C)cc2)cs1. The first-order valence-corrected chi connectivity index (χ1v) is 11.4. The Labute approximate surface area is 172 Å². The fourth-order valence-electron chi connectivity index (χ4n) is 2.64. The lowest BCUT2D eigenvalue weighted by Gasteiger charge is -2.23. The molecular weight excluding hydrogens is 394 g/mol. The van der Waals surface area contributed by atoms with Crippen molar-refractivity contribution in [3.05, 3.63) is 68.3 Å². The summed E-state index contributed by atoms with van der Waals surface area (Å²) in [6.45, 7) is 2.61. The molecule has 3 aromatic rings. The highest BCUT2D eigenvalue weighted by Gasteiger charge is 2.16. The molecule has 0 aliphatic heterocycles. The lowest BCUT2D eigenvalue weighted by molar-refractivity contribution is 0.0942. The van der Waals surface area contributed by atoms with Crippen molar-refractivity contribution < 1.29 is 4.79 Å². The summed E-state index contributed by atoms with van der Waals surface area (Å²) in [5.41, 5.74) is 1.79. The van der Waals surface area contributed by atoms with E-state index in [0.717, 1.165) is 21.3 Å². The largest absolute Gasteiger partial charge is 0.350 e. The van der Waals surface area contributed by atoms with Gasteiger partial charge in [-0.15, -0.1) is 34.4 Å². The highest BCUT2D eigenvalue weighted by atomic mass is 32.2. The molecule has 3 rings (SSSR count). The third-order valence-corrected chi connectivity index (χ3v) is 6.96. The summed E-state index contributed by atoms with van der Waals surface area (Å²) < 4.78 is 0. The summed E-state index contributed by atoms with van der Waals surface area (Å²) in [6.07, 6.45) is 0. The topological polar surface area (TPSA) is 45.2 Å². The van der Waals surface area contributed by atoms with Gasteiger partial charge in [-0.25, -0.2) is 4.98 Å². The van der Waals surface area contributed by atoms with Gasteiger partial charge < -0.3 is 10.2 Å². The smallest absolute Gasteiger partial charge is 0.251 e. The van der Waals surface area contributed by atoms with E-state index < -0.39 is 0 Å². The van der Waals surface area contributed by atoms with E-state index in [-0.39, 0.29) is 11.9 Å². The van der Waals surface area contributed by atoms with E-state index in [9.17, 15) is 4.79 Å². The molecule has 1 N–H and O–H groups in total. The minimum atomic E-state index is -0.0370. The van der Waals surface area contributed by atoms with Crippen LogP contribution < -0.4 is 5.32 Å². The molecule has 0 radical (unpaired) electrons. The van der Waals surface area contributed by atoms with Crippen molar-refractivity contribution in [2.75, 3.05) is 20.6 Å². The molecule has 2 heterocycles. The van der Waals surface area contributed by atoms with Crippen LogP contribution in [0.25, 0.3) is 0 Å². The Kier molecular flexibility index (Phi) is 7.07. The number of rotatable bonds is 8. The van der Waals surface area contributed by atoms with E-state index in [1.807, 2.05) is 51.4 Å². The first-order chi connectivity index (χ1) is 13.0. The van der Waals surface area contributed by atoms with Gasteiger partial charge in [-0.1, -0.05) is 6.07 Å². The third kappa shape index (κ3) is 5.65. The highest BCUT2D eigenvalue weighted by molar-refractivity contribution is 7.98. The van der Waals surface area contributed by atoms with Crippen LogP contribution in [0, 0.1) is 6.92 Å². The summed E-state index contributed by atoms with van der Waals surface area (Å²) in [4.78, 5) is 21.5. The Morgan fingerprint density at radius 1 is 1.22 bits per heavy atom. The number of thioether (sulfide) groups is 1. The van der Waals surface area contributed by atoms with Gasteiger partial charge in [0.1, 0.15) is 0 Å². The molecule has 4 nitrogen and oxygen atoms in total. The van der Waals surface area contributed by atoms with Gasteiger partial charge in [0.2, 0.25) is 0 Å². The number of benzene rings is 1. The number of likely N-dealkylation sites (N-methyl/N-ethyl adjacent to an activating group) is 1. The quantitative estimate of drug-likeness (QED) is 0.533. The zero-order valence-corrected chi connectivity index (χ0v) is 18.1. The molecule has 1 aromatic carbocycles. The maximum absolute atomic E-state index is 12.5. The average molecular weight is 418 g/mol. The second-order valence-corrected chi connectivity index (χ2v) is 9.47. The van der Waals surface area contributed by atoms with E-state index in [4.69, 9.17) is 0 Å². The lowest BCUT2D eigenvalue weighted by Crippen LogP contribution is -2.34. The second kappa shape index (κ2) is 9.50. The van der Waals surface area contributed by atoms with Crippen LogP contribution >= 0.6 is 34.4 Å². The predicted molar refractivity (Wildman–Crippen MR) is 116 cm³/mol. The number of hydrogen-bond donors (Lipinski definition) is 1. The van der Waals surface area contributed by atoms with Gasteiger partial charge in [0.25, 0.3) is 5.91 Å². The Morgan fingerprint density at radius 3 is 2.59 bits per heavy atom. The molecule has 0 saturated heterocycles. The Morgan fingerprint density at radius 2 is 2.00 bits per heavy atom. The van der Waals surface area contributed by atoms with Crippen LogP contribution in [0.3, 0.4) is 0 Å². The van der Waals surface area contributed by atoms with Crippen molar-refractivity contribution in [1.29, 1.82) is 0 Å². The first-order valence-electron chi connectivity index (χ1n) is 8.65. The number of carbonyl (C=O) groups is 1. The fraction of sp³-hybridized carbons (Fsp3) is 0.300. The second-order valence-electron chi connectivity index (χ2n) is 6.38. The van der Waals surface area contributed by atoms with E-state index >= 15 is 0 Å². The summed E-state index contributed by atoms with van der Waals surface area (Å²) in [7, 11) is 4.07. The van der Waals surface area contributed by atoms with Gasteiger partial charge >= 0.3 is 0 Å². The number of carbonyl (C=O) groups excluding carboxylic acids is 1. The molecule has 0 bridgehead atoms. The van der Waals surface area contributed by atoms with Crippen molar-refractivity contribution in [2.45, 2.75) is 23.6 Å². The molecule has 142 valence electrons. The molecule has 0 fully saturated rings. The zero-order valence-electron chi connectivity index (χ0n) is 15.6. The fourth-order valence-corrected chi connectivity index (χ4v) is 5.08. The molecule has 2 aromatic heterocycles. The molecule has 27 heavy (non-hydrogen) atoms. The number of hydrogen-bond acceptors (Lipinski definition) is 6. The minimum absolute atomic E-state index is 0.0370. The van der Waals surface area contributed by atoms with E-state index in [1.54, 1.807) is 34.4 Å². The first kappa shape index (κ1) is 20.1.